The SMILES string of the molecule is O=C(CC1CCCC1)N1CC[C@@H](C2CCN(Cc3cccc(F)c3F)CC2)C1. The minimum Gasteiger partial charge on any atom is -0.342 e. The van der Waals surface area contributed by atoms with Gasteiger partial charge in [-0.15, -0.1) is 0 Å². The van der Waals surface area contributed by atoms with E-state index in [0.29, 0.717) is 35.8 Å². The number of rotatable bonds is 5. The van der Waals surface area contributed by atoms with Gasteiger partial charge in [0.15, 0.2) is 11.6 Å². The van der Waals surface area contributed by atoms with Gasteiger partial charge in [-0.05, 0) is 69.0 Å². The van der Waals surface area contributed by atoms with E-state index in [2.05, 4.69) is 9.80 Å². The van der Waals surface area contributed by atoms with E-state index in [1.54, 1.807) is 12.1 Å². The maximum Gasteiger partial charge on any atom is 0.222 e. The van der Waals surface area contributed by atoms with Gasteiger partial charge in [0.1, 0.15) is 0 Å². The van der Waals surface area contributed by atoms with Crippen molar-refractivity contribution in [3.05, 3.63) is 35.4 Å². The third kappa shape index (κ3) is 4.56. The van der Waals surface area contributed by atoms with Gasteiger partial charge in [-0.25, -0.2) is 8.78 Å². The molecular weight excluding hydrogens is 358 g/mol. The Kier molecular flexibility index (Phi) is 6.29. The molecule has 1 aromatic carbocycles. The first-order chi connectivity index (χ1) is 13.6. The number of hydrogen-bond donors (Lipinski definition) is 0. The van der Waals surface area contributed by atoms with Crippen LogP contribution in [0.2, 0.25) is 0 Å². The standard InChI is InChI=1S/C23H32F2N2O/c24-21-7-3-6-20(23(21)25)15-26-11-8-18(9-12-26)19-10-13-27(16-19)22(28)14-17-4-1-2-5-17/h3,6-7,17-19H,1-2,4-5,8-16H2/t19-/m1/s1. The number of carbonyl (C=O) groups excluding carboxylic acids is 1. The van der Waals surface area contributed by atoms with Crippen molar-refractivity contribution >= 4 is 5.91 Å². The second-order valence-electron chi connectivity index (χ2n) is 9.07. The number of piperidine rings is 1. The Bertz CT molecular complexity index is 681. The summed E-state index contributed by atoms with van der Waals surface area (Å²) >= 11 is 0. The van der Waals surface area contributed by atoms with Gasteiger partial charge in [0.05, 0.1) is 0 Å². The molecule has 0 spiro atoms. The van der Waals surface area contributed by atoms with Crippen molar-refractivity contribution in [1.82, 2.24) is 9.80 Å². The Morgan fingerprint density at radius 3 is 2.43 bits per heavy atom. The van der Waals surface area contributed by atoms with Crippen LogP contribution >= 0.6 is 0 Å². The number of likely N-dealkylation sites (tertiary alicyclic amines) is 2. The van der Waals surface area contributed by atoms with Gasteiger partial charge < -0.3 is 4.90 Å². The summed E-state index contributed by atoms with van der Waals surface area (Å²) in [5.74, 6) is 0.780. The highest BCUT2D eigenvalue weighted by Gasteiger charge is 2.34. The van der Waals surface area contributed by atoms with Crippen molar-refractivity contribution in [2.75, 3.05) is 26.2 Å². The van der Waals surface area contributed by atoms with Gasteiger partial charge in [-0.3, -0.25) is 9.69 Å². The van der Waals surface area contributed by atoms with Gasteiger partial charge in [-0.2, -0.15) is 0 Å². The minimum atomic E-state index is -0.763. The second kappa shape index (κ2) is 8.89. The Labute approximate surface area is 167 Å². The van der Waals surface area contributed by atoms with Crippen molar-refractivity contribution < 1.29 is 13.6 Å². The zero-order valence-electron chi connectivity index (χ0n) is 16.7. The van der Waals surface area contributed by atoms with Crippen molar-refractivity contribution in [1.29, 1.82) is 0 Å². The number of nitrogens with zero attached hydrogens (tertiary/aromatic N) is 2. The van der Waals surface area contributed by atoms with E-state index in [4.69, 9.17) is 0 Å². The van der Waals surface area contributed by atoms with Gasteiger partial charge in [-0.1, -0.05) is 25.0 Å². The molecule has 1 amide bonds. The lowest BCUT2D eigenvalue weighted by molar-refractivity contribution is -0.131. The monoisotopic (exact) mass is 390 g/mol. The molecule has 3 nitrogen and oxygen atoms in total. The van der Waals surface area contributed by atoms with E-state index in [1.165, 1.54) is 31.7 Å². The zero-order valence-corrected chi connectivity index (χ0v) is 16.7. The van der Waals surface area contributed by atoms with Gasteiger partial charge in [0.2, 0.25) is 5.91 Å². The summed E-state index contributed by atoms with van der Waals surface area (Å²) in [4.78, 5) is 16.9. The molecule has 5 heteroatoms. The van der Waals surface area contributed by atoms with Crippen molar-refractivity contribution in [2.45, 2.75) is 57.9 Å². The third-order valence-electron chi connectivity index (χ3n) is 7.24. The maximum atomic E-state index is 13.9. The van der Waals surface area contributed by atoms with Crippen LogP contribution in [0.15, 0.2) is 18.2 Å². The van der Waals surface area contributed by atoms with Crippen LogP contribution in [0.1, 0.15) is 56.9 Å². The fraction of sp³-hybridized carbons (Fsp3) is 0.696. The van der Waals surface area contributed by atoms with E-state index in [1.807, 2.05) is 0 Å². The lowest BCUT2D eigenvalue weighted by Crippen LogP contribution is -2.37. The first kappa shape index (κ1) is 19.8. The summed E-state index contributed by atoms with van der Waals surface area (Å²) in [5.41, 5.74) is 0.447. The second-order valence-corrected chi connectivity index (χ2v) is 9.07. The molecular formula is C23H32F2N2O. The molecule has 0 radical (unpaired) electrons. The number of carbonyl (C=O) groups is 1. The summed E-state index contributed by atoms with van der Waals surface area (Å²) in [6.45, 7) is 4.17. The van der Waals surface area contributed by atoms with Crippen LogP contribution in [-0.4, -0.2) is 41.9 Å². The van der Waals surface area contributed by atoms with E-state index >= 15 is 0 Å². The van der Waals surface area contributed by atoms with Crippen LogP contribution in [0, 0.1) is 29.4 Å². The Balaban J connectivity index is 1.23. The molecule has 1 aliphatic carbocycles. The molecule has 2 aliphatic heterocycles. The van der Waals surface area contributed by atoms with E-state index in [-0.39, 0.29) is 0 Å². The number of benzene rings is 1. The molecule has 1 atom stereocenters. The van der Waals surface area contributed by atoms with Crippen LogP contribution in [0.3, 0.4) is 0 Å². The molecule has 2 saturated heterocycles. The largest absolute Gasteiger partial charge is 0.342 e. The van der Waals surface area contributed by atoms with Crippen LogP contribution in [-0.2, 0) is 11.3 Å². The first-order valence-electron chi connectivity index (χ1n) is 11.0. The molecule has 1 aromatic rings. The summed E-state index contributed by atoms with van der Waals surface area (Å²) < 4.78 is 27.3. The maximum absolute atomic E-state index is 13.9. The summed E-state index contributed by atoms with van der Waals surface area (Å²) in [5, 5.41) is 0. The summed E-state index contributed by atoms with van der Waals surface area (Å²) in [7, 11) is 0. The molecule has 0 aromatic heterocycles. The van der Waals surface area contributed by atoms with Gasteiger partial charge in [0, 0.05) is 31.6 Å². The fourth-order valence-corrected chi connectivity index (χ4v) is 5.48. The molecule has 3 fully saturated rings. The minimum absolute atomic E-state index is 0.369. The molecule has 28 heavy (non-hydrogen) atoms. The Morgan fingerprint density at radius 1 is 0.964 bits per heavy atom. The summed E-state index contributed by atoms with van der Waals surface area (Å²) in [6, 6.07) is 4.43. The lowest BCUT2D eigenvalue weighted by atomic mass is 9.83. The molecule has 1 saturated carbocycles. The quantitative estimate of drug-likeness (QED) is 0.733. The van der Waals surface area contributed by atoms with Crippen LogP contribution in [0.25, 0.3) is 0 Å². The Morgan fingerprint density at radius 2 is 1.68 bits per heavy atom. The fourth-order valence-electron chi connectivity index (χ4n) is 5.48. The molecule has 3 aliphatic rings. The number of halogens is 2. The normalized spacial score (nSPS) is 24.9. The molecule has 0 N–H and O–H groups in total. The van der Waals surface area contributed by atoms with Crippen molar-refractivity contribution in [2.24, 2.45) is 17.8 Å². The predicted octanol–water partition coefficient (Wildman–Crippen LogP) is 4.61. The van der Waals surface area contributed by atoms with Crippen LogP contribution in [0.4, 0.5) is 8.78 Å². The van der Waals surface area contributed by atoms with E-state index in [9.17, 15) is 13.6 Å². The lowest BCUT2D eigenvalue weighted by Gasteiger charge is -2.35. The van der Waals surface area contributed by atoms with E-state index in [0.717, 1.165) is 51.9 Å². The Hall–Kier alpha value is -1.49. The first-order valence-corrected chi connectivity index (χ1v) is 11.0. The number of amides is 1. The highest BCUT2D eigenvalue weighted by molar-refractivity contribution is 5.76. The predicted molar refractivity (Wildman–Crippen MR) is 106 cm³/mol. The van der Waals surface area contributed by atoms with Crippen molar-refractivity contribution in [3.8, 4) is 0 Å². The topological polar surface area (TPSA) is 23.6 Å². The molecule has 2 heterocycles. The summed E-state index contributed by atoms with van der Waals surface area (Å²) in [6.07, 6.45) is 9.10. The van der Waals surface area contributed by atoms with Crippen molar-refractivity contribution in [3.63, 3.8) is 0 Å². The zero-order chi connectivity index (χ0) is 19.5. The average molecular weight is 391 g/mol. The van der Waals surface area contributed by atoms with Crippen LogP contribution in [0.5, 0.6) is 0 Å². The highest BCUT2D eigenvalue weighted by atomic mass is 19.2. The molecule has 4 rings (SSSR count). The van der Waals surface area contributed by atoms with Crippen LogP contribution < -0.4 is 0 Å². The van der Waals surface area contributed by atoms with Gasteiger partial charge in [0.25, 0.3) is 0 Å². The molecule has 0 bridgehead atoms. The molecule has 0 unspecified atom stereocenters. The average Bonchev–Trinajstić information content (AvgIpc) is 3.38. The highest BCUT2D eigenvalue weighted by Crippen LogP contribution is 2.34. The van der Waals surface area contributed by atoms with Gasteiger partial charge >= 0.3 is 0 Å². The third-order valence-corrected chi connectivity index (χ3v) is 7.24. The molecule has 154 valence electrons. The smallest absolute Gasteiger partial charge is 0.222 e. The number of hydrogen-bond acceptors (Lipinski definition) is 2. The van der Waals surface area contributed by atoms with E-state index < -0.39 is 11.6 Å².